The number of rotatable bonds is 3. The molecule has 1 fully saturated rings. The molecule has 0 aromatic heterocycles. The van der Waals surface area contributed by atoms with E-state index in [0.29, 0.717) is 0 Å². The van der Waals surface area contributed by atoms with Gasteiger partial charge in [0.05, 0.1) is 6.61 Å². The van der Waals surface area contributed by atoms with Gasteiger partial charge in [-0.3, -0.25) is 0 Å². The summed E-state index contributed by atoms with van der Waals surface area (Å²) in [7, 11) is 0. The number of halogens is 6. The van der Waals surface area contributed by atoms with E-state index in [1.165, 1.54) is 13.8 Å². The van der Waals surface area contributed by atoms with Gasteiger partial charge in [0, 0.05) is 23.8 Å². The van der Waals surface area contributed by atoms with Crippen molar-refractivity contribution < 1.29 is 35.9 Å². The Morgan fingerprint density at radius 1 is 1.00 bits per heavy atom. The quantitative estimate of drug-likeness (QED) is 0.429. The van der Waals surface area contributed by atoms with Crippen LogP contribution in [0.25, 0.3) is 0 Å². The minimum Gasteiger partial charge on any atom is -0.462 e. The molecule has 1 aliphatic carbocycles. The molecule has 0 atom stereocenters. The van der Waals surface area contributed by atoms with Crippen LogP contribution in [0.2, 0.25) is 0 Å². The monoisotopic (exact) mass is 332 g/mol. The van der Waals surface area contributed by atoms with Crippen LogP contribution in [0.1, 0.15) is 39.5 Å². The van der Waals surface area contributed by atoms with Gasteiger partial charge in [-0.1, -0.05) is 13.5 Å². The van der Waals surface area contributed by atoms with Gasteiger partial charge in [-0.15, -0.1) is 0 Å². The molecule has 0 aliphatic heterocycles. The standard InChI is InChI=1S/C14H18F6O2/c1-9(2)10(21)22-8-11(3)4-6-12(15,16)14(19,20)13(17,18)7-5-11/h1,4-8H2,2-3H3. The van der Waals surface area contributed by atoms with Gasteiger partial charge in [0.15, 0.2) is 0 Å². The lowest BCUT2D eigenvalue weighted by atomic mass is 9.75. The third-order valence-electron chi connectivity index (χ3n) is 3.90. The van der Waals surface area contributed by atoms with Gasteiger partial charge in [-0.2, -0.15) is 26.3 Å². The Labute approximate surface area is 124 Å². The summed E-state index contributed by atoms with van der Waals surface area (Å²) in [5.41, 5.74) is -1.16. The summed E-state index contributed by atoms with van der Waals surface area (Å²) in [6.07, 6.45) is -3.74. The number of ether oxygens (including phenoxy) is 1. The van der Waals surface area contributed by atoms with E-state index in [4.69, 9.17) is 4.74 Å². The molecule has 0 amide bonds. The van der Waals surface area contributed by atoms with Crippen LogP contribution in [0.5, 0.6) is 0 Å². The highest BCUT2D eigenvalue weighted by Gasteiger charge is 2.71. The predicted octanol–water partition coefficient (Wildman–Crippen LogP) is 4.59. The molecule has 0 unspecified atom stereocenters. The maximum Gasteiger partial charge on any atom is 0.371 e. The van der Waals surface area contributed by atoms with Gasteiger partial charge in [0.25, 0.3) is 0 Å². The van der Waals surface area contributed by atoms with E-state index < -0.39 is 61.4 Å². The number of carbonyl (C=O) groups excluding carboxylic acids is 1. The maximum absolute atomic E-state index is 13.4. The highest BCUT2D eigenvalue weighted by molar-refractivity contribution is 5.86. The molecule has 0 saturated heterocycles. The fourth-order valence-corrected chi connectivity index (χ4v) is 2.13. The number of carbonyl (C=O) groups is 1. The van der Waals surface area contributed by atoms with Crippen LogP contribution >= 0.6 is 0 Å². The van der Waals surface area contributed by atoms with E-state index in [9.17, 15) is 31.1 Å². The van der Waals surface area contributed by atoms with Gasteiger partial charge in [-0.05, 0) is 19.8 Å². The summed E-state index contributed by atoms with van der Waals surface area (Å²) in [5.74, 6) is -15.8. The van der Waals surface area contributed by atoms with E-state index in [1.54, 1.807) is 0 Å². The first-order valence-corrected chi connectivity index (χ1v) is 6.70. The van der Waals surface area contributed by atoms with Crippen molar-refractivity contribution in [2.24, 2.45) is 5.41 Å². The second-order valence-corrected chi connectivity index (χ2v) is 6.15. The van der Waals surface area contributed by atoms with Crippen molar-refractivity contribution in [3.05, 3.63) is 12.2 Å². The third-order valence-corrected chi connectivity index (χ3v) is 3.90. The first-order chi connectivity index (χ1) is 9.74. The highest BCUT2D eigenvalue weighted by Crippen LogP contribution is 2.54. The fourth-order valence-electron chi connectivity index (χ4n) is 2.13. The number of hydrogen-bond donors (Lipinski definition) is 0. The molecule has 0 N–H and O–H groups in total. The van der Waals surface area contributed by atoms with Gasteiger partial charge >= 0.3 is 23.7 Å². The van der Waals surface area contributed by atoms with E-state index in [-0.39, 0.29) is 5.57 Å². The minimum absolute atomic E-state index is 0.0663. The number of esters is 1. The molecule has 1 aliphatic rings. The van der Waals surface area contributed by atoms with Crippen LogP contribution in [0.3, 0.4) is 0 Å². The molecule has 0 bridgehead atoms. The minimum atomic E-state index is -5.39. The molecule has 1 saturated carbocycles. The predicted molar refractivity (Wildman–Crippen MR) is 67.2 cm³/mol. The lowest BCUT2D eigenvalue weighted by Gasteiger charge is -2.40. The van der Waals surface area contributed by atoms with Gasteiger partial charge in [-0.25, -0.2) is 4.79 Å². The zero-order valence-corrected chi connectivity index (χ0v) is 12.3. The summed E-state index contributed by atoms with van der Waals surface area (Å²) in [4.78, 5) is 11.3. The Morgan fingerprint density at radius 2 is 1.41 bits per heavy atom. The largest absolute Gasteiger partial charge is 0.462 e. The molecule has 1 rings (SSSR count). The molecular weight excluding hydrogens is 314 g/mol. The third kappa shape index (κ3) is 3.57. The molecular formula is C14H18F6O2. The Balaban J connectivity index is 2.91. The molecule has 2 nitrogen and oxygen atoms in total. The topological polar surface area (TPSA) is 26.3 Å². The molecule has 0 heterocycles. The lowest BCUT2D eigenvalue weighted by Crippen LogP contribution is -2.56. The van der Waals surface area contributed by atoms with Crippen LogP contribution in [0.15, 0.2) is 12.2 Å². The van der Waals surface area contributed by atoms with Crippen molar-refractivity contribution in [3.63, 3.8) is 0 Å². The molecule has 22 heavy (non-hydrogen) atoms. The van der Waals surface area contributed by atoms with E-state index in [0.717, 1.165) is 0 Å². The van der Waals surface area contributed by atoms with Crippen LogP contribution < -0.4 is 0 Å². The molecule has 0 aromatic rings. The first-order valence-electron chi connectivity index (χ1n) is 6.70. The molecule has 0 radical (unpaired) electrons. The summed E-state index contributed by atoms with van der Waals surface area (Å²) in [5, 5.41) is 0. The van der Waals surface area contributed by atoms with Gasteiger partial charge in [0.1, 0.15) is 0 Å². The highest BCUT2D eigenvalue weighted by atomic mass is 19.3. The Morgan fingerprint density at radius 3 is 1.77 bits per heavy atom. The van der Waals surface area contributed by atoms with Crippen LogP contribution in [-0.4, -0.2) is 30.3 Å². The fraction of sp³-hybridized carbons (Fsp3) is 0.786. The lowest BCUT2D eigenvalue weighted by molar-refractivity contribution is -0.319. The first kappa shape index (κ1) is 18.8. The Kier molecular flexibility index (Phi) is 4.94. The summed E-state index contributed by atoms with van der Waals surface area (Å²) in [6.45, 7) is 5.64. The van der Waals surface area contributed by atoms with E-state index in [1.807, 2.05) is 0 Å². The molecule has 0 aromatic carbocycles. The SMILES string of the molecule is C=C(C)C(=O)OCC1(C)CCC(F)(F)C(F)(F)C(F)(F)CC1. The molecule has 8 heteroatoms. The van der Waals surface area contributed by atoms with Crippen molar-refractivity contribution in [1.29, 1.82) is 0 Å². The van der Waals surface area contributed by atoms with Crippen LogP contribution in [0, 0.1) is 5.41 Å². The van der Waals surface area contributed by atoms with E-state index in [2.05, 4.69) is 6.58 Å². The smallest absolute Gasteiger partial charge is 0.371 e. The Bertz CT molecular complexity index is 436. The summed E-state index contributed by atoms with van der Waals surface area (Å²) in [6, 6.07) is 0. The average Bonchev–Trinajstić information content (AvgIpc) is 2.39. The Hall–Kier alpha value is -1.21. The number of alkyl halides is 6. The van der Waals surface area contributed by atoms with Crippen molar-refractivity contribution in [1.82, 2.24) is 0 Å². The number of hydrogen-bond acceptors (Lipinski definition) is 2. The normalized spacial score (nSPS) is 25.6. The molecule has 128 valence electrons. The van der Waals surface area contributed by atoms with Crippen molar-refractivity contribution in [2.45, 2.75) is 57.3 Å². The van der Waals surface area contributed by atoms with Crippen LogP contribution in [-0.2, 0) is 9.53 Å². The average molecular weight is 332 g/mol. The van der Waals surface area contributed by atoms with Gasteiger partial charge < -0.3 is 4.74 Å². The van der Waals surface area contributed by atoms with Crippen molar-refractivity contribution in [3.8, 4) is 0 Å². The maximum atomic E-state index is 13.4. The zero-order chi connectivity index (χ0) is 17.4. The second kappa shape index (κ2) is 5.77. The summed E-state index contributed by atoms with van der Waals surface area (Å²) < 4.78 is 85.1. The van der Waals surface area contributed by atoms with Gasteiger partial charge in [0.2, 0.25) is 0 Å². The second-order valence-electron chi connectivity index (χ2n) is 6.15. The van der Waals surface area contributed by atoms with Crippen molar-refractivity contribution >= 4 is 5.97 Å². The van der Waals surface area contributed by atoms with Crippen LogP contribution in [0.4, 0.5) is 26.3 Å². The van der Waals surface area contributed by atoms with E-state index >= 15 is 0 Å². The summed E-state index contributed by atoms with van der Waals surface area (Å²) >= 11 is 0. The zero-order valence-electron chi connectivity index (χ0n) is 12.3. The van der Waals surface area contributed by atoms with Crippen molar-refractivity contribution in [2.75, 3.05) is 6.61 Å². The molecule has 0 spiro atoms.